The Bertz CT molecular complexity index is 1100. The van der Waals surface area contributed by atoms with Crippen molar-refractivity contribution in [1.82, 2.24) is 9.88 Å². The number of nitrogens with zero attached hydrogens (tertiary/aromatic N) is 1. The lowest BCUT2D eigenvalue weighted by Gasteiger charge is -2.22. The molecule has 0 unspecified atom stereocenters. The molecule has 6 nitrogen and oxygen atoms in total. The Hall–Kier alpha value is -3.54. The van der Waals surface area contributed by atoms with Gasteiger partial charge in [0.05, 0.1) is 18.4 Å². The number of hydrogen-bond acceptors (Lipinski definition) is 4. The van der Waals surface area contributed by atoms with E-state index in [1.165, 1.54) is 7.11 Å². The number of para-hydroxylation sites is 2. The summed E-state index contributed by atoms with van der Waals surface area (Å²) in [4.78, 5) is 30.5. The molecule has 31 heavy (non-hydrogen) atoms. The third kappa shape index (κ3) is 4.63. The Morgan fingerprint density at radius 2 is 1.74 bits per heavy atom. The standard InChI is InChI=1S/C25H26N2O4/c1-30-24(28)21-13-6-3-9-16-27(25(29)31-18-10-4-2-5-11-18)17-15-20-19-12-7-8-14-22(19)26-23(20)21/h2,4-5,7-8,10-14,26H,3,6,9,15-17H2,1H3/b21-13+. The predicted molar refractivity (Wildman–Crippen MR) is 120 cm³/mol. The Labute approximate surface area is 181 Å². The van der Waals surface area contributed by atoms with Crippen LogP contribution in [0.1, 0.15) is 30.5 Å². The summed E-state index contributed by atoms with van der Waals surface area (Å²) in [5, 5.41) is 1.04. The number of allylic oxidation sites excluding steroid dienone is 1. The molecule has 0 bridgehead atoms. The molecule has 0 radical (unpaired) electrons. The number of ether oxygens (including phenoxy) is 2. The number of carbonyl (C=O) groups is 2. The second-order valence-corrected chi connectivity index (χ2v) is 7.55. The molecule has 0 spiro atoms. The number of amides is 1. The maximum atomic E-state index is 12.9. The molecular formula is C25H26N2O4. The largest absolute Gasteiger partial charge is 0.465 e. The first-order chi connectivity index (χ1) is 15.2. The van der Waals surface area contributed by atoms with Crippen molar-refractivity contribution in [2.45, 2.75) is 25.7 Å². The summed E-state index contributed by atoms with van der Waals surface area (Å²) in [6.45, 7) is 1.10. The number of hydrogen-bond donors (Lipinski definition) is 1. The van der Waals surface area contributed by atoms with E-state index in [4.69, 9.17) is 9.47 Å². The van der Waals surface area contributed by atoms with E-state index in [0.717, 1.165) is 41.4 Å². The summed E-state index contributed by atoms with van der Waals surface area (Å²) >= 11 is 0. The van der Waals surface area contributed by atoms with E-state index in [2.05, 4.69) is 4.98 Å². The quantitative estimate of drug-likeness (QED) is 0.598. The molecule has 6 heteroatoms. The van der Waals surface area contributed by atoms with Crippen LogP contribution in [0.3, 0.4) is 0 Å². The van der Waals surface area contributed by atoms with E-state index in [9.17, 15) is 9.59 Å². The average molecular weight is 418 g/mol. The Kier molecular flexibility index (Phi) is 6.36. The summed E-state index contributed by atoms with van der Waals surface area (Å²) in [5.74, 6) is 0.177. The van der Waals surface area contributed by atoms with Crippen molar-refractivity contribution in [2.24, 2.45) is 0 Å². The molecule has 0 saturated carbocycles. The zero-order valence-electron chi connectivity index (χ0n) is 17.6. The van der Waals surface area contributed by atoms with E-state index in [0.29, 0.717) is 30.8 Å². The van der Waals surface area contributed by atoms with Crippen molar-refractivity contribution in [1.29, 1.82) is 0 Å². The lowest BCUT2D eigenvalue weighted by atomic mass is 10.0. The number of esters is 1. The van der Waals surface area contributed by atoms with Crippen LogP contribution in [0.15, 0.2) is 60.7 Å². The van der Waals surface area contributed by atoms with Gasteiger partial charge in [-0.15, -0.1) is 0 Å². The number of H-pyrrole nitrogens is 1. The van der Waals surface area contributed by atoms with Crippen LogP contribution in [0.5, 0.6) is 5.75 Å². The smallest absolute Gasteiger partial charge is 0.415 e. The first kappa shape index (κ1) is 20.7. The highest BCUT2D eigenvalue weighted by Crippen LogP contribution is 2.30. The molecule has 2 aromatic carbocycles. The Morgan fingerprint density at radius 1 is 0.968 bits per heavy atom. The van der Waals surface area contributed by atoms with Crippen LogP contribution in [0.2, 0.25) is 0 Å². The number of rotatable bonds is 2. The molecule has 0 fully saturated rings. The summed E-state index contributed by atoms with van der Waals surface area (Å²) in [5.41, 5.74) is 3.28. The predicted octanol–water partition coefficient (Wildman–Crippen LogP) is 4.95. The zero-order chi connectivity index (χ0) is 21.6. The minimum atomic E-state index is -0.354. The topological polar surface area (TPSA) is 71.6 Å². The van der Waals surface area contributed by atoms with Gasteiger partial charge >= 0.3 is 12.1 Å². The Morgan fingerprint density at radius 3 is 2.55 bits per heavy atom. The highest BCUT2D eigenvalue weighted by Gasteiger charge is 2.23. The number of benzene rings is 2. The van der Waals surface area contributed by atoms with Gasteiger partial charge in [-0.3, -0.25) is 0 Å². The van der Waals surface area contributed by atoms with Gasteiger partial charge in [-0.2, -0.15) is 0 Å². The first-order valence-corrected chi connectivity index (χ1v) is 10.6. The zero-order valence-corrected chi connectivity index (χ0v) is 17.6. The number of aromatic nitrogens is 1. The summed E-state index contributed by atoms with van der Waals surface area (Å²) < 4.78 is 10.6. The third-order valence-corrected chi connectivity index (χ3v) is 5.56. The van der Waals surface area contributed by atoms with Gasteiger partial charge in [0, 0.05) is 24.0 Å². The number of carbonyl (C=O) groups excluding carboxylic acids is 2. The van der Waals surface area contributed by atoms with Crippen molar-refractivity contribution in [3.8, 4) is 5.75 Å². The first-order valence-electron chi connectivity index (χ1n) is 10.6. The number of methoxy groups -OCH3 is 1. The fourth-order valence-electron chi connectivity index (χ4n) is 3.98. The van der Waals surface area contributed by atoms with Gasteiger partial charge < -0.3 is 19.4 Å². The van der Waals surface area contributed by atoms with E-state index in [-0.39, 0.29) is 12.1 Å². The normalized spacial score (nSPS) is 16.5. The van der Waals surface area contributed by atoms with E-state index in [1.54, 1.807) is 17.0 Å². The van der Waals surface area contributed by atoms with Crippen LogP contribution in [-0.4, -0.2) is 42.1 Å². The van der Waals surface area contributed by atoms with E-state index < -0.39 is 0 Å². The molecule has 1 aliphatic rings. The molecular weight excluding hydrogens is 392 g/mol. The van der Waals surface area contributed by atoms with Crippen molar-refractivity contribution in [3.05, 3.63) is 71.9 Å². The molecule has 160 valence electrons. The van der Waals surface area contributed by atoms with Gasteiger partial charge in [-0.1, -0.05) is 42.5 Å². The fourth-order valence-corrected chi connectivity index (χ4v) is 3.98. The van der Waals surface area contributed by atoms with Crippen LogP contribution in [0.25, 0.3) is 16.5 Å². The van der Waals surface area contributed by atoms with Gasteiger partial charge in [0.25, 0.3) is 0 Å². The second kappa shape index (κ2) is 9.51. The SMILES string of the molecule is COC(=O)/C1=C/CCCCN(C(=O)Oc2ccccc2)CCc2c1[nH]c1ccccc21. The van der Waals surface area contributed by atoms with Crippen molar-refractivity contribution in [3.63, 3.8) is 0 Å². The van der Waals surface area contributed by atoms with Crippen molar-refractivity contribution < 1.29 is 19.1 Å². The monoisotopic (exact) mass is 418 g/mol. The van der Waals surface area contributed by atoms with Crippen molar-refractivity contribution >= 4 is 28.5 Å². The van der Waals surface area contributed by atoms with E-state index >= 15 is 0 Å². The van der Waals surface area contributed by atoms with Gasteiger partial charge in [0.15, 0.2) is 0 Å². The molecule has 1 aromatic heterocycles. The molecule has 1 aliphatic heterocycles. The number of fused-ring (bicyclic) bond motifs is 3. The molecule has 2 heterocycles. The lowest BCUT2D eigenvalue weighted by Crippen LogP contribution is -2.36. The lowest BCUT2D eigenvalue weighted by molar-refractivity contribution is -0.133. The third-order valence-electron chi connectivity index (χ3n) is 5.56. The summed E-state index contributed by atoms with van der Waals surface area (Å²) in [7, 11) is 1.40. The minimum Gasteiger partial charge on any atom is -0.465 e. The molecule has 1 N–H and O–H groups in total. The number of nitrogens with one attached hydrogen (secondary N) is 1. The maximum absolute atomic E-state index is 12.9. The highest BCUT2D eigenvalue weighted by atomic mass is 16.6. The van der Waals surface area contributed by atoms with Gasteiger partial charge in [0.1, 0.15) is 5.75 Å². The maximum Gasteiger partial charge on any atom is 0.415 e. The van der Waals surface area contributed by atoms with Crippen LogP contribution in [0.4, 0.5) is 4.79 Å². The van der Waals surface area contributed by atoms with E-state index in [1.807, 2.05) is 48.5 Å². The van der Waals surface area contributed by atoms with Crippen molar-refractivity contribution in [2.75, 3.05) is 20.2 Å². The molecule has 4 rings (SSSR count). The molecule has 0 saturated heterocycles. The van der Waals surface area contributed by atoms with Crippen LogP contribution in [-0.2, 0) is 16.0 Å². The van der Waals surface area contributed by atoms with Gasteiger partial charge in [-0.25, -0.2) is 9.59 Å². The van der Waals surface area contributed by atoms with Gasteiger partial charge in [-0.05, 0) is 49.4 Å². The fraction of sp³-hybridized carbons (Fsp3) is 0.280. The Balaban J connectivity index is 1.66. The second-order valence-electron chi connectivity index (χ2n) is 7.55. The number of aromatic amines is 1. The van der Waals surface area contributed by atoms with Gasteiger partial charge in [0.2, 0.25) is 0 Å². The highest BCUT2D eigenvalue weighted by molar-refractivity contribution is 6.17. The van der Waals surface area contributed by atoms with Crippen LogP contribution < -0.4 is 4.74 Å². The summed E-state index contributed by atoms with van der Waals surface area (Å²) in [6, 6.07) is 17.1. The van der Waals surface area contributed by atoms with Crippen LogP contribution in [0, 0.1) is 0 Å². The molecule has 0 atom stereocenters. The molecule has 0 aliphatic carbocycles. The molecule has 1 amide bonds. The summed E-state index contributed by atoms with van der Waals surface area (Å²) in [6.07, 6.45) is 4.58. The molecule has 3 aromatic rings. The van der Waals surface area contributed by atoms with Crippen LogP contribution >= 0.6 is 0 Å². The minimum absolute atomic E-state index is 0.354. The average Bonchev–Trinajstić information content (AvgIpc) is 3.14.